The number of carbonyl (C=O) groups is 1. The highest BCUT2D eigenvalue weighted by Crippen LogP contribution is 2.25. The summed E-state index contributed by atoms with van der Waals surface area (Å²) < 4.78 is 50.6. The summed E-state index contributed by atoms with van der Waals surface area (Å²) in [6.45, 7) is 0.601. The molecule has 26 heavy (non-hydrogen) atoms. The number of amides is 1. The maximum atomic E-state index is 12.2. The Kier molecular flexibility index (Phi) is 5.03. The van der Waals surface area contributed by atoms with Crippen LogP contribution in [0.1, 0.15) is 22.8 Å². The number of hydrogen-bond acceptors (Lipinski definition) is 6. The number of likely N-dealkylation sites (tertiary alicyclic amines) is 1. The van der Waals surface area contributed by atoms with Crippen molar-refractivity contribution in [1.82, 2.24) is 9.88 Å². The van der Waals surface area contributed by atoms with Crippen LogP contribution >= 0.6 is 0 Å². The lowest BCUT2D eigenvalue weighted by Crippen LogP contribution is -2.29. The van der Waals surface area contributed by atoms with Gasteiger partial charge in [-0.25, -0.2) is 4.98 Å². The number of aliphatic hydroxyl groups is 1. The van der Waals surface area contributed by atoms with E-state index in [0.717, 1.165) is 12.1 Å². The predicted molar refractivity (Wildman–Crippen MR) is 80.5 cm³/mol. The highest BCUT2D eigenvalue weighted by molar-refractivity contribution is 5.92. The van der Waals surface area contributed by atoms with Crippen molar-refractivity contribution < 1.29 is 37.0 Å². The number of carbonyl (C=O) groups excluding carboxylic acids is 1. The Balaban J connectivity index is 1.54. The summed E-state index contributed by atoms with van der Waals surface area (Å²) >= 11 is 0. The molecule has 0 saturated carbocycles. The Morgan fingerprint density at radius 2 is 2.00 bits per heavy atom. The van der Waals surface area contributed by atoms with E-state index >= 15 is 0 Å². The Morgan fingerprint density at radius 3 is 2.62 bits per heavy atom. The van der Waals surface area contributed by atoms with Gasteiger partial charge >= 0.3 is 6.36 Å². The summed E-state index contributed by atoms with van der Waals surface area (Å²) in [6.07, 6.45) is -3.56. The lowest BCUT2D eigenvalue weighted by Gasteiger charge is -2.12. The van der Waals surface area contributed by atoms with E-state index < -0.39 is 12.5 Å². The molecule has 1 amide bonds. The van der Waals surface area contributed by atoms with Crippen molar-refractivity contribution in [2.75, 3.05) is 13.1 Å². The van der Waals surface area contributed by atoms with E-state index in [2.05, 4.69) is 9.72 Å². The summed E-state index contributed by atoms with van der Waals surface area (Å²) in [5.41, 5.74) is 0.103. The van der Waals surface area contributed by atoms with Crippen LogP contribution < -0.4 is 9.47 Å². The molecule has 1 N–H and O–H groups in total. The van der Waals surface area contributed by atoms with Gasteiger partial charge in [-0.3, -0.25) is 4.79 Å². The maximum Gasteiger partial charge on any atom is 0.573 e. The van der Waals surface area contributed by atoms with E-state index in [9.17, 15) is 23.1 Å². The van der Waals surface area contributed by atoms with Crippen molar-refractivity contribution >= 4 is 5.91 Å². The largest absolute Gasteiger partial charge is 0.573 e. The van der Waals surface area contributed by atoms with Crippen LogP contribution in [0, 0.1) is 0 Å². The standard InChI is InChI=1S/C16H15F3N2O5/c17-16(18,19)26-12-3-1-11(2-4-12)24-9-14-20-13(8-25-14)15(23)21-6-5-10(22)7-21/h1-4,8,10,22H,5-7,9H2/t10-/m0/s1. The number of aliphatic hydroxyl groups excluding tert-OH is 1. The van der Waals surface area contributed by atoms with Gasteiger partial charge in [-0.2, -0.15) is 0 Å². The van der Waals surface area contributed by atoms with Gasteiger partial charge in [0.2, 0.25) is 5.89 Å². The number of β-amino-alcohol motifs (C(OH)–C–C–N with tert-alkyl or cyclic N) is 1. The van der Waals surface area contributed by atoms with Crippen LogP contribution in [0.3, 0.4) is 0 Å². The van der Waals surface area contributed by atoms with Crippen LogP contribution in [-0.2, 0) is 6.61 Å². The van der Waals surface area contributed by atoms with E-state index in [1.165, 1.54) is 23.3 Å². The first-order valence-corrected chi connectivity index (χ1v) is 7.70. The first-order valence-electron chi connectivity index (χ1n) is 7.70. The SMILES string of the molecule is O=C(c1coc(COc2ccc(OC(F)(F)F)cc2)n1)N1CC[C@H](O)C1. The number of benzene rings is 1. The first-order chi connectivity index (χ1) is 12.3. The Hall–Kier alpha value is -2.75. The monoisotopic (exact) mass is 372 g/mol. The van der Waals surface area contributed by atoms with E-state index in [1.54, 1.807) is 0 Å². The number of nitrogens with zero attached hydrogens (tertiary/aromatic N) is 2. The normalized spacial score (nSPS) is 17.4. The smallest absolute Gasteiger partial charge is 0.484 e. The molecule has 0 radical (unpaired) electrons. The third kappa shape index (κ3) is 4.66. The second-order valence-electron chi connectivity index (χ2n) is 5.63. The molecular weight excluding hydrogens is 357 g/mol. The lowest BCUT2D eigenvalue weighted by molar-refractivity contribution is -0.274. The minimum Gasteiger partial charge on any atom is -0.484 e. The molecule has 2 aromatic rings. The Bertz CT molecular complexity index is 760. The van der Waals surface area contributed by atoms with Crippen molar-refractivity contribution in [3.05, 3.63) is 42.1 Å². The number of alkyl halides is 3. The molecule has 1 saturated heterocycles. The van der Waals surface area contributed by atoms with Gasteiger partial charge in [0.05, 0.1) is 6.10 Å². The third-order valence-corrected chi connectivity index (χ3v) is 3.64. The van der Waals surface area contributed by atoms with Gasteiger partial charge in [-0.1, -0.05) is 0 Å². The first kappa shape index (κ1) is 18.1. The summed E-state index contributed by atoms with van der Waals surface area (Å²) in [5, 5.41) is 9.46. The fourth-order valence-electron chi connectivity index (χ4n) is 2.45. The van der Waals surface area contributed by atoms with E-state index in [4.69, 9.17) is 9.15 Å². The molecule has 0 spiro atoms. The molecular formula is C16H15F3N2O5. The van der Waals surface area contributed by atoms with Crippen LogP contribution in [0.25, 0.3) is 0 Å². The van der Waals surface area contributed by atoms with E-state index in [1.807, 2.05) is 0 Å². The molecule has 0 unspecified atom stereocenters. The molecule has 1 aliphatic heterocycles. The van der Waals surface area contributed by atoms with Gasteiger partial charge in [0.25, 0.3) is 5.91 Å². The van der Waals surface area contributed by atoms with Crippen LogP contribution in [0.15, 0.2) is 34.9 Å². The molecule has 0 aliphatic carbocycles. The van der Waals surface area contributed by atoms with Gasteiger partial charge in [-0.15, -0.1) is 13.2 Å². The molecule has 140 valence electrons. The summed E-state index contributed by atoms with van der Waals surface area (Å²) in [6, 6.07) is 4.85. The highest BCUT2D eigenvalue weighted by atomic mass is 19.4. The van der Waals surface area contributed by atoms with Crippen LogP contribution in [0.4, 0.5) is 13.2 Å². The van der Waals surface area contributed by atoms with Crippen molar-refractivity contribution in [1.29, 1.82) is 0 Å². The van der Waals surface area contributed by atoms with Crippen molar-refractivity contribution in [2.45, 2.75) is 25.5 Å². The van der Waals surface area contributed by atoms with Crippen LogP contribution in [0.2, 0.25) is 0 Å². The zero-order valence-corrected chi connectivity index (χ0v) is 13.4. The molecule has 1 atom stereocenters. The highest BCUT2D eigenvalue weighted by Gasteiger charge is 2.31. The summed E-state index contributed by atoms with van der Waals surface area (Å²) in [7, 11) is 0. The quantitative estimate of drug-likeness (QED) is 0.867. The zero-order chi connectivity index (χ0) is 18.7. The molecule has 1 fully saturated rings. The average Bonchev–Trinajstić information content (AvgIpc) is 3.21. The van der Waals surface area contributed by atoms with Gasteiger partial charge in [0.1, 0.15) is 17.8 Å². The molecule has 7 nitrogen and oxygen atoms in total. The Labute approximate surface area is 145 Å². The van der Waals surface area contributed by atoms with E-state index in [0.29, 0.717) is 13.0 Å². The van der Waals surface area contributed by atoms with Crippen molar-refractivity contribution in [3.8, 4) is 11.5 Å². The van der Waals surface area contributed by atoms with Crippen molar-refractivity contribution in [2.24, 2.45) is 0 Å². The minimum atomic E-state index is -4.76. The predicted octanol–water partition coefficient (Wildman–Crippen LogP) is 2.36. The van der Waals surface area contributed by atoms with Gasteiger partial charge in [0, 0.05) is 13.1 Å². The van der Waals surface area contributed by atoms with Crippen molar-refractivity contribution in [3.63, 3.8) is 0 Å². The number of halogens is 3. The van der Waals surface area contributed by atoms with E-state index in [-0.39, 0.29) is 42.1 Å². The lowest BCUT2D eigenvalue weighted by atomic mass is 10.3. The summed E-state index contributed by atoms with van der Waals surface area (Å²) in [4.78, 5) is 17.7. The zero-order valence-electron chi connectivity index (χ0n) is 13.4. The molecule has 2 heterocycles. The van der Waals surface area contributed by atoms with Gasteiger partial charge in [-0.05, 0) is 30.7 Å². The molecule has 10 heteroatoms. The maximum absolute atomic E-state index is 12.2. The van der Waals surface area contributed by atoms with Gasteiger partial charge < -0.3 is 23.9 Å². The number of ether oxygens (including phenoxy) is 2. The number of oxazole rings is 1. The second-order valence-corrected chi connectivity index (χ2v) is 5.63. The third-order valence-electron chi connectivity index (χ3n) is 3.64. The fourth-order valence-corrected chi connectivity index (χ4v) is 2.45. The average molecular weight is 372 g/mol. The number of aromatic nitrogens is 1. The fraction of sp³-hybridized carbons (Fsp3) is 0.375. The topological polar surface area (TPSA) is 85.0 Å². The number of rotatable bonds is 5. The molecule has 0 bridgehead atoms. The molecule has 3 rings (SSSR count). The Morgan fingerprint density at radius 1 is 1.31 bits per heavy atom. The minimum absolute atomic E-state index is 0.102. The number of hydrogen-bond donors (Lipinski definition) is 1. The molecule has 1 aliphatic rings. The summed E-state index contributed by atoms with van der Waals surface area (Å²) in [5.74, 6) is -0.274. The molecule has 1 aromatic heterocycles. The second kappa shape index (κ2) is 7.24. The van der Waals surface area contributed by atoms with Crippen LogP contribution in [-0.4, -0.2) is 46.5 Å². The van der Waals surface area contributed by atoms with Crippen LogP contribution in [0.5, 0.6) is 11.5 Å². The molecule has 1 aromatic carbocycles. The van der Waals surface area contributed by atoms with Gasteiger partial charge in [0.15, 0.2) is 12.3 Å².